The highest BCUT2D eigenvalue weighted by molar-refractivity contribution is 6.18. The summed E-state index contributed by atoms with van der Waals surface area (Å²) in [4.78, 5) is 16.1. The quantitative estimate of drug-likeness (QED) is 0.509. The van der Waals surface area contributed by atoms with Crippen molar-refractivity contribution >= 4 is 28.7 Å². The molecule has 5 nitrogen and oxygen atoms in total. The zero-order valence-electron chi connectivity index (χ0n) is 12.1. The molecule has 0 aliphatic heterocycles. The summed E-state index contributed by atoms with van der Waals surface area (Å²) < 4.78 is 16.2. The number of alkyl halides is 1. The fourth-order valence-corrected chi connectivity index (χ4v) is 2.13. The molecular formula is C17H14ClNO4. The Labute approximate surface area is 137 Å². The SMILES string of the molecule is O=C(OCC(CCl)Oc1nc2ccccc2o1)c1ccccc1. The van der Waals surface area contributed by atoms with E-state index < -0.39 is 12.1 Å². The molecule has 3 rings (SSSR count). The number of rotatable bonds is 6. The molecule has 118 valence electrons. The van der Waals surface area contributed by atoms with Gasteiger partial charge < -0.3 is 13.9 Å². The first kappa shape index (κ1) is 15.4. The molecule has 0 saturated carbocycles. The number of carbonyl (C=O) groups excluding carboxylic acids is 1. The van der Waals surface area contributed by atoms with E-state index in [0.29, 0.717) is 16.7 Å². The number of esters is 1. The minimum Gasteiger partial charge on any atom is -0.458 e. The van der Waals surface area contributed by atoms with E-state index >= 15 is 0 Å². The van der Waals surface area contributed by atoms with Crippen molar-refractivity contribution < 1.29 is 18.7 Å². The highest BCUT2D eigenvalue weighted by Crippen LogP contribution is 2.21. The minimum absolute atomic E-state index is 0.00987. The number of ether oxygens (including phenoxy) is 2. The number of carbonyl (C=O) groups is 1. The molecule has 0 amide bonds. The summed E-state index contributed by atoms with van der Waals surface area (Å²) >= 11 is 5.86. The van der Waals surface area contributed by atoms with Crippen LogP contribution >= 0.6 is 11.6 Å². The van der Waals surface area contributed by atoms with Gasteiger partial charge in [0, 0.05) is 0 Å². The van der Waals surface area contributed by atoms with Gasteiger partial charge in [0.25, 0.3) is 0 Å². The van der Waals surface area contributed by atoms with Crippen LogP contribution in [0.2, 0.25) is 0 Å². The fraction of sp³-hybridized carbons (Fsp3) is 0.176. The van der Waals surface area contributed by atoms with Crippen LogP contribution in [-0.4, -0.2) is 29.5 Å². The summed E-state index contributed by atoms with van der Waals surface area (Å²) in [5.74, 6) is -0.289. The van der Waals surface area contributed by atoms with E-state index in [9.17, 15) is 4.79 Å². The molecule has 0 saturated heterocycles. The van der Waals surface area contributed by atoms with Crippen molar-refractivity contribution in [2.24, 2.45) is 0 Å². The number of hydrogen-bond acceptors (Lipinski definition) is 5. The van der Waals surface area contributed by atoms with Gasteiger partial charge in [0.15, 0.2) is 11.7 Å². The van der Waals surface area contributed by atoms with E-state index in [-0.39, 0.29) is 18.6 Å². The Morgan fingerprint density at radius 1 is 1.13 bits per heavy atom. The zero-order chi connectivity index (χ0) is 16.1. The Morgan fingerprint density at radius 3 is 2.61 bits per heavy atom. The van der Waals surface area contributed by atoms with Gasteiger partial charge in [-0.15, -0.1) is 11.6 Å². The largest absolute Gasteiger partial charge is 0.458 e. The third kappa shape index (κ3) is 3.81. The summed E-state index contributed by atoms with van der Waals surface area (Å²) in [5.41, 5.74) is 1.79. The zero-order valence-corrected chi connectivity index (χ0v) is 12.9. The maximum Gasteiger partial charge on any atom is 0.395 e. The number of para-hydroxylation sites is 2. The van der Waals surface area contributed by atoms with Crippen LogP contribution in [0.3, 0.4) is 0 Å². The van der Waals surface area contributed by atoms with Gasteiger partial charge in [0.2, 0.25) is 0 Å². The molecule has 0 radical (unpaired) electrons. The smallest absolute Gasteiger partial charge is 0.395 e. The number of oxazole rings is 1. The Hall–Kier alpha value is -2.53. The lowest BCUT2D eigenvalue weighted by molar-refractivity contribution is 0.0300. The average molecular weight is 332 g/mol. The summed E-state index contributed by atoms with van der Waals surface area (Å²) in [6.07, 6.45) is -0.440. The van der Waals surface area contributed by atoms with Crippen LogP contribution < -0.4 is 4.74 Å². The van der Waals surface area contributed by atoms with Crippen molar-refractivity contribution in [3.8, 4) is 6.08 Å². The molecule has 0 aliphatic rings. The number of benzene rings is 2. The molecule has 23 heavy (non-hydrogen) atoms. The standard InChI is InChI=1S/C17H14ClNO4/c18-10-13(11-21-16(20)12-6-2-1-3-7-12)22-17-19-14-8-4-5-9-15(14)23-17/h1-9,13H,10-11H2. The van der Waals surface area contributed by atoms with E-state index in [1.165, 1.54) is 0 Å². The summed E-state index contributed by atoms with van der Waals surface area (Å²) in [5, 5.41) is 0. The predicted octanol–water partition coefficient (Wildman–Crippen LogP) is 3.67. The minimum atomic E-state index is -0.544. The predicted molar refractivity (Wildman–Crippen MR) is 85.9 cm³/mol. The monoisotopic (exact) mass is 331 g/mol. The number of aromatic nitrogens is 1. The molecule has 1 atom stereocenters. The number of fused-ring (bicyclic) bond motifs is 1. The van der Waals surface area contributed by atoms with Crippen LogP contribution in [-0.2, 0) is 4.74 Å². The maximum absolute atomic E-state index is 11.9. The van der Waals surface area contributed by atoms with Gasteiger partial charge >= 0.3 is 12.0 Å². The van der Waals surface area contributed by atoms with Crippen LogP contribution in [0.5, 0.6) is 6.08 Å². The van der Waals surface area contributed by atoms with Gasteiger partial charge in [-0.05, 0) is 24.3 Å². The maximum atomic E-state index is 11.9. The molecular weight excluding hydrogens is 318 g/mol. The van der Waals surface area contributed by atoms with Crippen molar-refractivity contribution in [3.05, 3.63) is 60.2 Å². The number of nitrogens with zero attached hydrogens (tertiary/aromatic N) is 1. The van der Waals surface area contributed by atoms with Crippen LogP contribution in [0, 0.1) is 0 Å². The molecule has 0 N–H and O–H groups in total. The van der Waals surface area contributed by atoms with Gasteiger partial charge in [0.05, 0.1) is 11.4 Å². The highest BCUT2D eigenvalue weighted by Gasteiger charge is 2.17. The molecule has 1 unspecified atom stereocenters. The second-order valence-corrected chi connectivity index (χ2v) is 5.11. The third-order valence-electron chi connectivity index (χ3n) is 3.12. The van der Waals surface area contributed by atoms with E-state index in [2.05, 4.69) is 4.98 Å². The fourth-order valence-electron chi connectivity index (χ4n) is 1.98. The van der Waals surface area contributed by atoms with Crippen molar-refractivity contribution in [3.63, 3.8) is 0 Å². The molecule has 0 spiro atoms. The molecule has 3 aromatic rings. The van der Waals surface area contributed by atoms with Crippen molar-refractivity contribution in [1.29, 1.82) is 0 Å². The highest BCUT2D eigenvalue weighted by atomic mass is 35.5. The van der Waals surface area contributed by atoms with Crippen LogP contribution in [0.4, 0.5) is 0 Å². The van der Waals surface area contributed by atoms with Crippen LogP contribution in [0.25, 0.3) is 11.1 Å². The number of halogens is 1. The summed E-state index contributed by atoms with van der Waals surface area (Å²) in [6.45, 7) is 0.00987. The lowest BCUT2D eigenvalue weighted by Crippen LogP contribution is -2.26. The third-order valence-corrected chi connectivity index (χ3v) is 3.47. The molecule has 1 heterocycles. The van der Waals surface area contributed by atoms with Crippen molar-refractivity contribution in [2.45, 2.75) is 6.10 Å². The van der Waals surface area contributed by atoms with Crippen LogP contribution in [0.15, 0.2) is 59.0 Å². The molecule has 6 heteroatoms. The average Bonchev–Trinajstić information content (AvgIpc) is 3.01. The molecule has 1 aromatic heterocycles. The second kappa shape index (κ2) is 7.15. The molecule has 0 bridgehead atoms. The lowest BCUT2D eigenvalue weighted by atomic mass is 10.2. The normalized spacial score (nSPS) is 12.0. The molecule has 0 fully saturated rings. The summed E-state index contributed by atoms with van der Waals surface area (Å²) in [6, 6.07) is 16.0. The van der Waals surface area contributed by atoms with E-state index in [1.54, 1.807) is 30.3 Å². The van der Waals surface area contributed by atoms with Gasteiger partial charge in [-0.2, -0.15) is 4.98 Å². The molecule has 0 aliphatic carbocycles. The Kier molecular flexibility index (Phi) is 4.78. The van der Waals surface area contributed by atoms with Gasteiger partial charge in [-0.1, -0.05) is 30.3 Å². The van der Waals surface area contributed by atoms with Gasteiger partial charge in [-0.25, -0.2) is 4.79 Å². The Morgan fingerprint density at radius 2 is 1.87 bits per heavy atom. The van der Waals surface area contributed by atoms with Gasteiger partial charge in [0.1, 0.15) is 12.1 Å². The topological polar surface area (TPSA) is 61.6 Å². The van der Waals surface area contributed by atoms with Crippen LogP contribution in [0.1, 0.15) is 10.4 Å². The molecule has 2 aromatic carbocycles. The summed E-state index contributed by atoms with van der Waals surface area (Å²) in [7, 11) is 0. The van der Waals surface area contributed by atoms with E-state index in [0.717, 1.165) is 0 Å². The lowest BCUT2D eigenvalue weighted by Gasteiger charge is -2.13. The van der Waals surface area contributed by atoms with Crippen molar-refractivity contribution in [2.75, 3.05) is 12.5 Å². The first-order valence-corrected chi connectivity index (χ1v) is 7.60. The number of hydrogen-bond donors (Lipinski definition) is 0. The van der Waals surface area contributed by atoms with E-state index in [4.69, 9.17) is 25.5 Å². The van der Waals surface area contributed by atoms with E-state index in [1.807, 2.05) is 24.3 Å². The first-order chi connectivity index (χ1) is 11.3. The second-order valence-electron chi connectivity index (χ2n) is 4.81. The van der Waals surface area contributed by atoms with Crippen molar-refractivity contribution in [1.82, 2.24) is 4.98 Å². The first-order valence-electron chi connectivity index (χ1n) is 7.06. The van der Waals surface area contributed by atoms with Gasteiger partial charge in [-0.3, -0.25) is 0 Å². The Bertz CT molecular complexity index is 754. The Balaban J connectivity index is 1.60.